The zero-order valence-corrected chi connectivity index (χ0v) is 15.7. The number of aliphatic hydroxyl groups excluding tert-OH is 1. The van der Waals surface area contributed by atoms with Gasteiger partial charge >= 0.3 is 0 Å². The lowest BCUT2D eigenvalue weighted by molar-refractivity contribution is 0.269. The van der Waals surface area contributed by atoms with Crippen LogP contribution >= 0.6 is 0 Å². The van der Waals surface area contributed by atoms with Gasteiger partial charge in [0.25, 0.3) is 5.56 Å². The predicted molar refractivity (Wildman–Crippen MR) is 107 cm³/mol. The topological polar surface area (TPSA) is 127 Å². The fraction of sp³-hybridized carbons (Fsp3) is 0.444. The number of nitrogens with two attached hydrogens (primary N) is 1. The maximum Gasteiger partial charge on any atom is 0.275 e. The van der Waals surface area contributed by atoms with Crippen LogP contribution in [-0.4, -0.2) is 55.2 Å². The second kappa shape index (κ2) is 7.56. The molecule has 0 saturated carbocycles. The Morgan fingerprint density at radius 2 is 2.11 bits per heavy atom. The normalized spacial score (nSPS) is 15.3. The largest absolute Gasteiger partial charge is 0.394 e. The third-order valence-electron chi connectivity index (χ3n) is 5.03. The van der Waals surface area contributed by atoms with Crippen LogP contribution in [0.25, 0.3) is 11.0 Å². The third-order valence-corrected chi connectivity index (χ3v) is 5.03. The van der Waals surface area contributed by atoms with Crippen molar-refractivity contribution >= 4 is 28.4 Å². The maximum atomic E-state index is 12.9. The van der Waals surface area contributed by atoms with Crippen LogP contribution in [0.3, 0.4) is 0 Å². The number of fused-ring (bicyclic) bond motifs is 1. The van der Waals surface area contributed by atoms with E-state index in [1.165, 1.54) is 0 Å². The first-order valence-corrected chi connectivity index (χ1v) is 9.33. The summed E-state index contributed by atoms with van der Waals surface area (Å²) in [6, 6.07) is 2.07. The minimum Gasteiger partial charge on any atom is -0.394 e. The number of hydrogen-bond acceptors (Lipinski definition) is 8. The monoisotopic (exact) mass is 384 g/mol. The molecule has 0 radical (unpaired) electrons. The molecule has 0 spiro atoms. The van der Waals surface area contributed by atoms with Gasteiger partial charge in [-0.1, -0.05) is 0 Å². The molecule has 4 rings (SSSR count). The number of anilines is 3. The fourth-order valence-electron chi connectivity index (χ4n) is 3.44. The van der Waals surface area contributed by atoms with Crippen LogP contribution in [0, 0.1) is 0 Å². The lowest BCUT2D eigenvalue weighted by atomic mass is 10.1. The summed E-state index contributed by atoms with van der Waals surface area (Å²) in [5.74, 6) is 0.378. The number of aryl methyl sites for hydroxylation is 1. The van der Waals surface area contributed by atoms with E-state index in [4.69, 9.17) is 10.8 Å². The number of aliphatic hydroxyl groups is 1. The molecule has 0 unspecified atom stereocenters. The maximum absolute atomic E-state index is 12.9. The smallest absolute Gasteiger partial charge is 0.275 e. The van der Waals surface area contributed by atoms with Crippen LogP contribution in [0.1, 0.15) is 12.8 Å². The molecular weight excluding hydrogens is 360 g/mol. The molecule has 0 aliphatic carbocycles. The third kappa shape index (κ3) is 3.56. The zero-order valence-electron chi connectivity index (χ0n) is 15.7. The number of nitrogens with zero attached hydrogens (tertiary/aromatic N) is 6. The van der Waals surface area contributed by atoms with Crippen molar-refractivity contribution in [3.63, 3.8) is 0 Å². The van der Waals surface area contributed by atoms with Crippen LogP contribution in [0.5, 0.6) is 0 Å². The second-order valence-corrected chi connectivity index (χ2v) is 7.03. The summed E-state index contributed by atoms with van der Waals surface area (Å²) in [6.07, 6.45) is 6.86. The van der Waals surface area contributed by atoms with Gasteiger partial charge in [0.15, 0.2) is 0 Å². The van der Waals surface area contributed by atoms with Crippen LogP contribution in [-0.2, 0) is 13.6 Å². The van der Waals surface area contributed by atoms with Crippen molar-refractivity contribution in [3.05, 3.63) is 35.0 Å². The van der Waals surface area contributed by atoms with Gasteiger partial charge in [0.2, 0.25) is 5.95 Å². The molecule has 1 saturated heterocycles. The van der Waals surface area contributed by atoms with Crippen molar-refractivity contribution in [2.45, 2.75) is 25.4 Å². The Balaban J connectivity index is 1.63. The highest BCUT2D eigenvalue weighted by atomic mass is 16.3. The molecule has 1 aliphatic rings. The van der Waals surface area contributed by atoms with Gasteiger partial charge in [-0.2, -0.15) is 10.1 Å². The van der Waals surface area contributed by atoms with E-state index < -0.39 is 0 Å². The highest BCUT2D eigenvalue weighted by Gasteiger charge is 2.20. The summed E-state index contributed by atoms with van der Waals surface area (Å²) in [5.41, 5.74) is 7.83. The van der Waals surface area contributed by atoms with Crippen molar-refractivity contribution in [3.8, 4) is 0 Å². The van der Waals surface area contributed by atoms with Crippen LogP contribution in [0.15, 0.2) is 29.5 Å². The Morgan fingerprint density at radius 3 is 2.86 bits per heavy atom. The van der Waals surface area contributed by atoms with Crippen molar-refractivity contribution in [2.24, 2.45) is 12.8 Å². The molecule has 0 bridgehead atoms. The quantitative estimate of drug-likeness (QED) is 0.569. The molecule has 0 aromatic carbocycles. The number of hydrogen-bond donors (Lipinski definition) is 3. The SMILES string of the molecule is Cn1c(=O)c(N2CCC(N)CC2)cc2cnc(Nc3cnn(CCO)c3)nc21. The Bertz CT molecular complexity index is 1040. The van der Waals surface area contributed by atoms with Gasteiger partial charge in [0.05, 0.1) is 25.0 Å². The van der Waals surface area contributed by atoms with Gasteiger partial charge in [-0.15, -0.1) is 0 Å². The van der Waals surface area contributed by atoms with Gasteiger partial charge in [-0.25, -0.2) is 4.98 Å². The van der Waals surface area contributed by atoms with E-state index in [-0.39, 0.29) is 18.2 Å². The number of pyridine rings is 1. The minimum atomic E-state index is -0.0802. The summed E-state index contributed by atoms with van der Waals surface area (Å²) in [6.45, 7) is 1.99. The van der Waals surface area contributed by atoms with Gasteiger partial charge in [-0.05, 0) is 18.9 Å². The molecule has 28 heavy (non-hydrogen) atoms. The average Bonchev–Trinajstić information content (AvgIpc) is 3.13. The number of aromatic nitrogens is 5. The van der Waals surface area contributed by atoms with Crippen LogP contribution < -0.4 is 21.5 Å². The molecule has 148 valence electrons. The first kappa shape index (κ1) is 18.4. The Morgan fingerprint density at radius 1 is 1.32 bits per heavy atom. The predicted octanol–water partition coefficient (Wildman–Crippen LogP) is 0.188. The van der Waals surface area contributed by atoms with E-state index in [2.05, 4.69) is 25.3 Å². The van der Waals surface area contributed by atoms with E-state index in [9.17, 15) is 4.79 Å². The molecule has 1 aliphatic heterocycles. The lowest BCUT2D eigenvalue weighted by Gasteiger charge is -2.31. The van der Waals surface area contributed by atoms with Crippen molar-refractivity contribution in [1.82, 2.24) is 24.3 Å². The molecule has 4 heterocycles. The first-order valence-electron chi connectivity index (χ1n) is 9.33. The molecule has 10 heteroatoms. The molecule has 3 aromatic rings. The van der Waals surface area contributed by atoms with Gasteiger partial charge < -0.3 is 21.1 Å². The van der Waals surface area contributed by atoms with Gasteiger partial charge in [0, 0.05) is 44.0 Å². The van der Waals surface area contributed by atoms with E-state index in [1.807, 2.05) is 6.07 Å². The molecule has 1 fully saturated rings. The molecule has 3 aromatic heterocycles. The molecule has 10 nitrogen and oxygen atoms in total. The molecular formula is C18H24N8O2. The second-order valence-electron chi connectivity index (χ2n) is 7.03. The van der Waals surface area contributed by atoms with Crippen molar-refractivity contribution < 1.29 is 5.11 Å². The Hall–Kier alpha value is -2.98. The van der Waals surface area contributed by atoms with Crippen LogP contribution in [0.4, 0.5) is 17.3 Å². The van der Waals surface area contributed by atoms with E-state index in [0.29, 0.717) is 29.5 Å². The van der Waals surface area contributed by atoms with Gasteiger partial charge in [0.1, 0.15) is 11.3 Å². The Labute approximate surface area is 161 Å². The highest BCUT2D eigenvalue weighted by Crippen LogP contribution is 2.21. The summed E-state index contributed by atoms with van der Waals surface area (Å²) in [7, 11) is 1.72. The van der Waals surface area contributed by atoms with Crippen LogP contribution in [0.2, 0.25) is 0 Å². The average molecular weight is 384 g/mol. The molecule has 4 N–H and O–H groups in total. The van der Waals surface area contributed by atoms with E-state index in [1.54, 1.807) is 34.9 Å². The number of rotatable bonds is 5. The molecule has 0 atom stereocenters. The molecule has 0 amide bonds. The zero-order chi connectivity index (χ0) is 19.7. The van der Waals surface area contributed by atoms with Gasteiger partial charge in [-0.3, -0.25) is 14.0 Å². The summed E-state index contributed by atoms with van der Waals surface area (Å²) in [4.78, 5) is 23.8. The first-order chi connectivity index (χ1) is 13.5. The lowest BCUT2D eigenvalue weighted by Crippen LogP contribution is -2.42. The summed E-state index contributed by atoms with van der Waals surface area (Å²) < 4.78 is 3.18. The van der Waals surface area contributed by atoms with E-state index in [0.717, 1.165) is 31.3 Å². The number of piperidine rings is 1. The number of nitrogens with one attached hydrogen (secondary N) is 1. The Kier molecular flexibility index (Phi) is 4.97. The van der Waals surface area contributed by atoms with E-state index >= 15 is 0 Å². The highest BCUT2D eigenvalue weighted by molar-refractivity contribution is 5.79. The standard InChI is InChI=1S/C18H24N8O2/c1-24-16-12(8-15(17(24)28)25-4-2-13(19)3-5-25)9-20-18(23-16)22-14-10-21-26(11-14)6-7-27/h8-11,13,27H,2-7,19H2,1H3,(H,20,22,23). The van der Waals surface area contributed by atoms with Crippen molar-refractivity contribution in [2.75, 3.05) is 29.9 Å². The minimum absolute atomic E-state index is 0.0149. The summed E-state index contributed by atoms with van der Waals surface area (Å²) >= 11 is 0. The summed E-state index contributed by atoms with van der Waals surface area (Å²) in [5, 5.41) is 17.0. The van der Waals surface area contributed by atoms with Crippen molar-refractivity contribution in [1.29, 1.82) is 0 Å². The fourth-order valence-corrected chi connectivity index (χ4v) is 3.44.